The van der Waals surface area contributed by atoms with E-state index in [1.54, 1.807) is 54.6 Å². The third-order valence-corrected chi connectivity index (χ3v) is 4.61. The number of halogens is 3. The van der Waals surface area contributed by atoms with Crippen LogP contribution in [0.1, 0.15) is 26.3 Å². The predicted molar refractivity (Wildman–Crippen MR) is 108 cm³/mol. The fraction of sp³-hybridized carbons (Fsp3) is 0.0435. The minimum atomic E-state index is -4.95. The van der Waals surface area contributed by atoms with Crippen LogP contribution in [0, 0.1) is 0 Å². The molecule has 0 N–H and O–H groups in total. The molecule has 0 saturated carbocycles. The molecule has 0 bridgehead atoms. The lowest BCUT2D eigenvalue weighted by Gasteiger charge is -2.35. The van der Waals surface area contributed by atoms with Gasteiger partial charge >= 0.3 is 6.30 Å². The van der Waals surface area contributed by atoms with Gasteiger partial charge in [0.2, 0.25) is 0 Å². The van der Waals surface area contributed by atoms with E-state index in [-0.39, 0.29) is 21.8 Å². The smallest absolute Gasteiger partial charge is 0.267 e. The number of rotatable bonds is 3. The highest BCUT2D eigenvalue weighted by atomic mass is 19.4. The van der Waals surface area contributed by atoms with Gasteiger partial charge in [-0.1, -0.05) is 66.7 Å². The molecule has 3 aromatic rings. The SMILES string of the molecule is O=C(c1ccccc1)N1C(c2ccccc2)=CN(C(F)(F)F)N1C(=O)c1ccccc1. The molecule has 1 aliphatic heterocycles. The van der Waals surface area contributed by atoms with Crippen molar-refractivity contribution in [3.63, 3.8) is 0 Å². The second-order valence-corrected chi connectivity index (χ2v) is 6.64. The highest BCUT2D eigenvalue weighted by Gasteiger charge is 2.51. The Morgan fingerprint density at radius 3 is 1.58 bits per heavy atom. The molecule has 0 fully saturated rings. The van der Waals surface area contributed by atoms with E-state index in [2.05, 4.69) is 0 Å². The zero-order valence-electron chi connectivity index (χ0n) is 16.0. The highest BCUT2D eigenvalue weighted by Crippen LogP contribution is 2.38. The van der Waals surface area contributed by atoms with Gasteiger partial charge in [-0.3, -0.25) is 9.59 Å². The number of nitrogens with zero attached hydrogens (tertiary/aromatic N) is 3. The first-order valence-electron chi connectivity index (χ1n) is 9.30. The zero-order chi connectivity index (χ0) is 22.0. The largest absolute Gasteiger partial charge is 0.504 e. The number of hydrogen-bond donors (Lipinski definition) is 0. The van der Waals surface area contributed by atoms with Gasteiger partial charge in [-0.05, 0) is 24.3 Å². The first-order chi connectivity index (χ1) is 14.9. The van der Waals surface area contributed by atoms with Crippen molar-refractivity contribution < 1.29 is 22.8 Å². The van der Waals surface area contributed by atoms with Gasteiger partial charge in [0.25, 0.3) is 11.8 Å². The second kappa shape index (κ2) is 7.98. The molecule has 1 heterocycles. The lowest BCUT2D eigenvalue weighted by Crippen LogP contribution is -2.55. The summed E-state index contributed by atoms with van der Waals surface area (Å²) in [6.45, 7) is 0. The molecule has 0 unspecified atom stereocenters. The first-order valence-corrected chi connectivity index (χ1v) is 9.30. The lowest BCUT2D eigenvalue weighted by molar-refractivity contribution is -0.294. The third kappa shape index (κ3) is 3.87. The molecule has 156 valence electrons. The molecule has 0 aromatic heterocycles. The summed E-state index contributed by atoms with van der Waals surface area (Å²) < 4.78 is 41.9. The van der Waals surface area contributed by atoms with Crippen LogP contribution in [0.25, 0.3) is 5.70 Å². The summed E-state index contributed by atoms with van der Waals surface area (Å²) in [6.07, 6.45) is -4.20. The second-order valence-electron chi connectivity index (χ2n) is 6.64. The van der Waals surface area contributed by atoms with Crippen molar-refractivity contribution >= 4 is 17.5 Å². The minimum Gasteiger partial charge on any atom is -0.267 e. The van der Waals surface area contributed by atoms with Gasteiger partial charge in [0.05, 0.1) is 11.9 Å². The fourth-order valence-electron chi connectivity index (χ4n) is 3.19. The van der Waals surface area contributed by atoms with Crippen molar-refractivity contribution in [2.75, 3.05) is 0 Å². The van der Waals surface area contributed by atoms with Crippen LogP contribution < -0.4 is 0 Å². The number of carbonyl (C=O) groups is 2. The Labute approximate surface area is 176 Å². The molecule has 4 rings (SSSR count). The summed E-state index contributed by atoms with van der Waals surface area (Å²) in [5.74, 6) is -1.77. The molecule has 0 atom stereocenters. The van der Waals surface area contributed by atoms with E-state index in [4.69, 9.17) is 0 Å². The lowest BCUT2D eigenvalue weighted by atomic mass is 10.1. The maximum Gasteiger partial charge on any atom is 0.504 e. The summed E-state index contributed by atoms with van der Waals surface area (Å²) in [5.41, 5.74) is 0.421. The van der Waals surface area contributed by atoms with Crippen molar-refractivity contribution in [2.45, 2.75) is 6.30 Å². The maximum atomic E-state index is 14.0. The maximum absolute atomic E-state index is 14.0. The molecule has 1 aliphatic rings. The summed E-state index contributed by atoms with van der Waals surface area (Å²) in [4.78, 5) is 26.5. The van der Waals surface area contributed by atoms with Crippen LogP contribution in [0.4, 0.5) is 13.2 Å². The van der Waals surface area contributed by atoms with E-state index >= 15 is 0 Å². The highest BCUT2D eigenvalue weighted by molar-refractivity contribution is 6.03. The van der Waals surface area contributed by atoms with Crippen LogP contribution in [0.2, 0.25) is 0 Å². The van der Waals surface area contributed by atoms with Crippen LogP contribution in [0.3, 0.4) is 0 Å². The van der Waals surface area contributed by atoms with E-state index in [0.29, 0.717) is 10.7 Å². The van der Waals surface area contributed by atoms with E-state index in [0.717, 1.165) is 11.2 Å². The van der Waals surface area contributed by atoms with E-state index in [1.165, 1.54) is 36.4 Å². The molecule has 0 radical (unpaired) electrons. The molecular weight excluding hydrogens is 407 g/mol. The Kier molecular flexibility index (Phi) is 5.21. The van der Waals surface area contributed by atoms with Gasteiger partial charge in [-0.15, -0.1) is 18.3 Å². The Morgan fingerprint density at radius 2 is 1.10 bits per heavy atom. The van der Waals surface area contributed by atoms with Gasteiger partial charge in [-0.2, -0.15) is 10.0 Å². The van der Waals surface area contributed by atoms with Crippen molar-refractivity contribution in [3.8, 4) is 0 Å². The quantitative estimate of drug-likeness (QED) is 0.561. The Hall–Kier alpha value is -4.07. The fourth-order valence-corrected chi connectivity index (χ4v) is 3.19. The number of carbonyl (C=O) groups excluding carboxylic acids is 2. The van der Waals surface area contributed by atoms with Gasteiger partial charge in [0.1, 0.15) is 0 Å². The van der Waals surface area contributed by atoms with Crippen molar-refractivity contribution in [2.24, 2.45) is 0 Å². The van der Waals surface area contributed by atoms with E-state index in [1.807, 2.05) is 0 Å². The molecule has 8 heteroatoms. The molecule has 2 amide bonds. The van der Waals surface area contributed by atoms with Crippen LogP contribution in [-0.4, -0.2) is 33.3 Å². The van der Waals surface area contributed by atoms with E-state index in [9.17, 15) is 22.8 Å². The van der Waals surface area contributed by atoms with Crippen molar-refractivity contribution in [3.05, 3.63) is 114 Å². The Balaban J connectivity index is 1.88. The Morgan fingerprint density at radius 1 is 0.645 bits per heavy atom. The summed E-state index contributed by atoms with van der Waals surface area (Å²) >= 11 is 0. The standard InChI is InChI=1S/C23H16F3N3O2/c24-23(25,26)27-16-20(17-10-4-1-5-11-17)28(21(30)18-12-6-2-7-13-18)29(27)22(31)19-14-8-3-9-15-19/h1-16H. The van der Waals surface area contributed by atoms with E-state index < -0.39 is 18.1 Å². The average molecular weight is 423 g/mol. The van der Waals surface area contributed by atoms with Gasteiger partial charge in [0, 0.05) is 16.7 Å². The van der Waals surface area contributed by atoms with Gasteiger partial charge < -0.3 is 0 Å². The predicted octanol–water partition coefficient (Wildman–Crippen LogP) is 4.94. The first kappa shape index (κ1) is 20.2. The van der Waals surface area contributed by atoms with Crippen LogP contribution >= 0.6 is 0 Å². The molecule has 0 aliphatic carbocycles. The molecule has 3 aromatic carbocycles. The summed E-state index contributed by atoms with van der Waals surface area (Å²) in [7, 11) is 0. The van der Waals surface area contributed by atoms with Crippen LogP contribution in [0.5, 0.6) is 0 Å². The van der Waals surface area contributed by atoms with Crippen LogP contribution in [0.15, 0.2) is 97.2 Å². The third-order valence-electron chi connectivity index (χ3n) is 4.61. The molecular formula is C23H16F3N3O2. The monoisotopic (exact) mass is 423 g/mol. The zero-order valence-corrected chi connectivity index (χ0v) is 16.0. The minimum absolute atomic E-state index is 0.00493. The Bertz CT molecular complexity index is 1120. The summed E-state index contributed by atoms with van der Waals surface area (Å²) in [6, 6.07) is 23.5. The molecule has 0 spiro atoms. The van der Waals surface area contributed by atoms with Crippen molar-refractivity contribution in [1.29, 1.82) is 0 Å². The number of hydrogen-bond acceptors (Lipinski definition) is 3. The van der Waals surface area contributed by atoms with Crippen LogP contribution in [-0.2, 0) is 0 Å². The van der Waals surface area contributed by atoms with Gasteiger partial charge in [-0.25, -0.2) is 0 Å². The molecule has 31 heavy (non-hydrogen) atoms. The molecule has 5 nitrogen and oxygen atoms in total. The van der Waals surface area contributed by atoms with Crippen molar-refractivity contribution in [1.82, 2.24) is 15.1 Å². The summed E-state index contributed by atoms with van der Waals surface area (Å²) in [5, 5.41) is 0.909. The number of amides is 2. The molecule has 0 saturated heterocycles. The number of alkyl halides is 3. The number of benzene rings is 3. The normalized spacial score (nSPS) is 13.9. The number of hydrazine groups is 2. The topological polar surface area (TPSA) is 43.9 Å². The van der Waals surface area contributed by atoms with Gasteiger partial charge in [0.15, 0.2) is 0 Å². The average Bonchev–Trinajstić information content (AvgIpc) is 3.21.